The molecule has 0 radical (unpaired) electrons. The van der Waals surface area contributed by atoms with Crippen LogP contribution < -0.4 is 15.0 Å². The Morgan fingerprint density at radius 2 is 1.95 bits per heavy atom. The van der Waals surface area contributed by atoms with Crippen LogP contribution in [0.1, 0.15) is 10.5 Å². The average Bonchev–Trinajstić information content (AvgIpc) is 2.54. The van der Waals surface area contributed by atoms with Crippen molar-refractivity contribution in [3.05, 3.63) is 48.2 Å². The summed E-state index contributed by atoms with van der Waals surface area (Å²) in [5.41, 5.74) is 0.511. The highest BCUT2D eigenvalue weighted by Crippen LogP contribution is 2.30. The van der Waals surface area contributed by atoms with Gasteiger partial charge in [-0.15, -0.1) is 0 Å². The lowest BCUT2D eigenvalue weighted by molar-refractivity contribution is 0.0690. The van der Waals surface area contributed by atoms with Gasteiger partial charge in [0.2, 0.25) is 0 Å². The van der Waals surface area contributed by atoms with Gasteiger partial charge in [0.25, 0.3) is 0 Å². The summed E-state index contributed by atoms with van der Waals surface area (Å²) in [4.78, 5) is 28.8. The largest absolute Gasteiger partial charge is 0.488 e. The van der Waals surface area contributed by atoms with Crippen molar-refractivity contribution >= 4 is 23.5 Å². The Morgan fingerprint density at radius 3 is 2.68 bits per heavy atom. The van der Waals surface area contributed by atoms with E-state index in [9.17, 15) is 9.59 Å². The Labute approximate surface area is 126 Å². The van der Waals surface area contributed by atoms with Crippen molar-refractivity contribution in [3.8, 4) is 5.75 Å². The Hall–Kier alpha value is -3.09. The van der Waals surface area contributed by atoms with Crippen molar-refractivity contribution in [1.82, 2.24) is 4.98 Å². The lowest BCUT2D eigenvalue weighted by Crippen LogP contribution is -2.41. The number of carboxylic acid groups (broad SMARTS) is 1. The van der Waals surface area contributed by atoms with Gasteiger partial charge in [0.15, 0.2) is 17.3 Å². The van der Waals surface area contributed by atoms with E-state index in [1.165, 1.54) is 17.0 Å². The summed E-state index contributed by atoms with van der Waals surface area (Å²) in [7, 11) is 0. The van der Waals surface area contributed by atoms with Gasteiger partial charge in [-0.2, -0.15) is 0 Å². The number of rotatable bonds is 2. The fraction of sp³-hybridized carbons (Fsp3) is 0.133. The lowest BCUT2D eigenvalue weighted by atomic mass is 10.3. The summed E-state index contributed by atoms with van der Waals surface area (Å²) >= 11 is 0. The molecule has 1 aromatic carbocycles. The first-order chi connectivity index (χ1) is 10.6. The molecule has 0 fully saturated rings. The van der Waals surface area contributed by atoms with E-state index in [2.05, 4.69) is 10.3 Å². The first-order valence-electron chi connectivity index (χ1n) is 6.66. The van der Waals surface area contributed by atoms with Crippen LogP contribution in [-0.2, 0) is 0 Å². The highest BCUT2D eigenvalue weighted by atomic mass is 16.5. The van der Waals surface area contributed by atoms with E-state index >= 15 is 0 Å². The quantitative estimate of drug-likeness (QED) is 0.887. The number of para-hydroxylation sites is 1. The minimum absolute atomic E-state index is 0.137. The third-order valence-corrected chi connectivity index (χ3v) is 3.16. The predicted molar refractivity (Wildman–Crippen MR) is 79.5 cm³/mol. The van der Waals surface area contributed by atoms with Crippen LogP contribution in [0.4, 0.5) is 16.3 Å². The molecule has 0 aliphatic carbocycles. The molecule has 0 spiro atoms. The maximum Gasteiger partial charge on any atom is 0.354 e. The van der Waals surface area contributed by atoms with E-state index in [1.54, 1.807) is 12.1 Å². The van der Waals surface area contributed by atoms with E-state index in [1.807, 2.05) is 18.2 Å². The topological polar surface area (TPSA) is 91.8 Å². The van der Waals surface area contributed by atoms with Crippen molar-refractivity contribution in [3.63, 3.8) is 0 Å². The maximum atomic E-state index is 12.4. The van der Waals surface area contributed by atoms with Gasteiger partial charge in [0.1, 0.15) is 6.61 Å². The number of aromatic carboxylic acids is 1. The fourth-order valence-corrected chi connectivity index (χ4v) is 2.12. The van der Waals surface area contributed by atoms with Crippen LogP contribution >= 0.6 is 0 Å². The Kier molecular flexibility index (Phi) is 3.61. The van der Waals surface area contributed by atoms with Gasteiger partial charge in [-0.1, -0.05) is 18.2 Å². The summed E-state index contributed by atoms with van der Waals surface area (Å²) in [5.74, 6) is -0.559. The molecule has 2 aromatic rings. The predicted octanol–water partition coefficient (Wildman–Crippen LogP) is 2.21. The number of urea groups is 1. The molecule has 2 N–H and O–H groups in total. The molecule has 1 aliphatic rings. The zero-order chi connectivity index (χ0) is 15.5. The van der Waals surface area contributed by atoms with Crippen molar-refractivity contribution in [1.29, 1.82) is 0 Å². The molecular formula is C15H13N3O4. The maximum absolute atomic E-state index is 12.4. The monoisotopic (exact) mass is 299 g/mol. The van der Waals surface area contributed by atoms with Gasteiger partial charge in [0.05, 0.1) is 6.54 Å². The van der Waals surface area contributed by atoms with Crippen LogP contribution in [0.3, 0.4) is 0 Å². The van der Waals surface area contributed by atoms with Crippen LogP contribution in [-0.4, -0.2) is 35.2 Å². The van der Waals surface area contributed by atoms with E-state index in [4.69, 9.17) is 9.84 Å². The van der Waals surface area contributed by atoms with Gasteiger partial charge < -0.3 is 15.2 Å². The molecule has 0 atom stereocenters. The molecule has 7 heteroatoms. The first-order valence-corrected chi connectivity index (χ1v) is 6.66. The van der Waals surface area contributed by atoms with Gasteiger partial charge in [-0.05, 0) is 24.3 Å². The fourth-order valence-electron chi connectivity index (χ4n) is 2.12. The van der Waals surface area contributed by atoms with Crippen LogP contribution in [0, 0.1) is 0 Å². The molecule has 112 valence electrons. The number of amides is 2. The van der Waals surface area contributed by atoms with E-state index in [0.29, 0.717) is 24.6 Å². The molecule has 0 saturated heterocycles. The summed E-state index contributed by atoms with van der Waals surface area (Å²) in [6.45, 7) is 0.616. The highest BCUT2D eigenvalue weighted by molar-refractivity contribution is 6.02. The third kappa shape index (κ3) is 2.69. The van der Waals surface area contributed by atoms with Crippen LogP contribution in [0.25, 0.3) is 0 Å². The van der Waals surface area contributed by atoms with Crippen LogP contribution in [0.5, 0.6) is 5.75 Å². The minimum Gasteiger partial charge on any atom is -0.488 e. The minimum atomic E-state index is -1.16. The number of nitrogens with zero attached hydrogens (tertiary/aromatic N) is 2. The number of carbonyl (C=O) groups excluding carboxylic acids is 1. The van der Waals surface area contributed by atoms with E-state index in [0.717, 1.165) is 0 Å². The van der Waals surface area contributed by atoms with Gasteiger partial charge in [-0.3, -0.25) is 4.90 Å². The second kappa shape index (κ2) is 5.72. The second-order valence-corrected chi connectivity index (χ2v) is 4.62. The molecule has 1 aromatic heterocycles. The summed E-state index contributed by atoms with van der Waals surface area (Å²) in [6.07, 6.45) is 0. The molecule has 3 rings (SSSR count). The Bertz CT molecular complexity index is 718. The van der Waals surface area contributed by atoms with E-state index < -0.39 is 5.97 Å². The first kappa shape index (κ1) is 13.9. The molecule has 2 heterocycles. The number of anilines is 2. The second-order valence-electron chi connectivity index (χ2n) is 4.62. The standard InChI is InChI=1S/C15H13N3O4/c19-14(20)11-6-7-12-13(17-11)18(8-9-22-12)15(21)16-10-4-2-1-3-5-10/h1-7H,8-9H2,(H,16,21)(H,19,20). The molecule has 0 saturated carbocycles. The number of carbonyl (C=O) groups is 2. The number of benzene rings is 1. The van der Waals surface area contributed by atoms with Gasteiger partial charge >= 0.3 is 12.0 Å². The summed E-state index contributed by atoms with van der Waals surface area (Å²) in [5, 5.41) is 11.8. The van der Waals surface area contributed by atoms with Gasteiger partial charge in [-0.25, -0.2) is 14.6 Å². The SMILES string of the molecule is O=C(O)c1ccc2c(n1)N(C(=O)Nc1ccccc1)CCO2. The lowest BCUT2D eigenvalue weighted by Gasteiger charge is -2.28. The van der Waals surface area contributed by atoms with Crippen LogP contribution in [0.2, 0.25) is 0 Å². The number of carboxylic acids is 1. The smallest absolute Gasteiger partial charge is 0.354 e. The van der Waals surface area contributed by atoms with Gasteiger partial charge in [0, 0.05) is 5.69 Å². The van der Waals surface area contributed by atoms with Crippen molar-refractivity contribution in [2.75, 3.05) is 23.4 Å². The summed E-state index contributed by atoms with van der Waals surface area (Å²) in [6, 6.07) is 11.5. The summed E-state index contributed by atoms with van der Waals surface area (Å²) < 4.78 is 5.41. The molecular weight excluding hydrogens is 286 g/mol. The number of hydrogen-bond donors (Lipinski definition) is 2. The van der Waals surface area contributed by atoms with E-state index in [-0.39, 0.29) is 17.5 Å². The number of pyridine rings is 1. The zero-order valence-electron chi connectivity index (χ0n) is 11.5. The molecule has 1 aliphatic heterocycles. The molecule has 7 nitrogen and oxygen atoms in total. The molecule has 22 heavy (non-hydrogen) atoms. The van der Waals surface area contributed by atoms with Crippen molar-refractivity contribution in [2.24, 2.45) is 0 Å². The number of nitrogens with one attached hydrogen (secondary N) is 1. The molecule has 2 amide bonds. The molecule has 0 unspecified atom stereocenters. The number of ether oxygens (including phenoxy) is 1. The van der Waals surface area contributed by atoms with Crippen molar-refractivity contribution in [2.45, 2.75) is 0 Å². The third-order valence-electron chi connectivity index (χ3n) is 3.16. The normalized spacial score (nSPS) is 13.0. The number of aromatic nitrogens is 1. The average molecular weight is 299 g/mol. The number of hydrogen-bond acceptors (Lipinski definition) is 4. The molecule has 0 bridgehead atoms. The Morgan fingerprint density at radius 1 is 1.18 bits per heavy atom. The number of fused-ring (bicyclic) bond motifs is 1. The highest BCUT2D eigenvalue weighted by Gasteiger charge is 2.26. The Balaban J connectivity index is 1.88. The van der Waals surface area contributed by atoms with Crippen LogP contribution in [0.15, 0.2) is 42.5 Å². The van der Waals surface area contributed by atoms with Crippen molar-refractivity contribution < 1.29 is 19.4 Å². The zero-order valence-corrected chi connectivity index (χ0v) is 11.5.